The van der Waals surface area contributed by atoms with Crippen molar-refractivity contribution in [3.63, 3.8) is 0 Å². The summed E-state index contributed by atoms with van der Waals surface area (Å²) in [6.45, 7) is 4.27. The second kappa shape index (κ2) is 5.26. The maximum Gasteiger partial charge on any atom is 0.225 e. The Morgan fingerprint density at radius 3 is 2.69 bits per heavy atom. The second-order valence-electron chi connectivity index (χ2n) is 4.01. The molecular weight excluding hydrogens is 202 g/mol. The standard InChI is InChI=1S/C12H15N3O/c1-9(2)12(16)15(3)8-10-4-5-11(6-13)14-7-10/h4-5,7,9H,8H2,1-3H3. The lowest BCUT2D eigenvalue weighted by molar-refractivity contribution is -0.133. The van der Waals surface area contributed by atoms with Gasteiger partial charge in [0.15, 0.2) is 0 Å². The quantitative estimate of drug-likeness (QED) is 0.772. The van der Waals surface area contributed by atoms with E-state index in [0.717, 1.165) is 5.56 Å². The summed E-state index contributed by atoms with van der Waals surface area (Å²) in [5.74, 6) is 0.0979. The number of carbonyl (C=O) groups is 1. The van der Waals surface area contributed by atoms with Crippen molar-refractivity contribution in [2.75, 3.05) is 7.05 Å². The summed E-state index contributed by atoms with van der Waals surface area (Å²) in [5, 5.41) is 8.59. The molecule has 84 valence electrons. The van der Waals surface area contributed by atoms with Crippen molar-refractivity contribution in [3.05, 3.63) is 29.6 Å². The third-order valence-electron chi connectivity index (χ3n) is 2.23. The third kappa shape index (κ3) is 3.06. The second-order valence-corrected chi connectivity index (χ2v) is 4.01. The number of carbonyl (C=O) groups excluding carboxylic acids is 1. The summed E-state index contributed by atoms with van der Waals surface area (Å²) in [4.78, 5) is 17.2. The Morgan fingerprint density at radius 2 is 2.25 bits per heavy atom. The molecular formula is C12H15N3O. The van der Waals surface area contributed by atoms with Crippen LogP contribution in [0.25, 0.3) is 0 Å². The average molecular weight is 217 g/mol. The van der Waals surface area contributed by atoms with Crippen molar-refractivity contribution >= 4 is 5.91 Å². The third-order valence-corrected chi connectivity index (χ3v) is 2.23. The Morgan fingerprint density at radius 1 is 1.56 bits per heavy atom. The lowest BCUT2D eigenvalue weighted by atomic mass is 10.2. The van der Waals surface area contributed by atoms with Gasteiger partial charge in [-0.25, -0.2) is 4.98 Å². The first-order chi connectivity index (χ1) is 7.54. The van der Waals surface area contributed by atoms with Gasteiger partial charge >= 0.3 is 0 Å². The van der Waals surface area contributed by atoms with E-state index in [9.17, 15) is 4.79 Å². The van der Waals surface area contributed by atoms with Crippen molar-refractivity contribution in [1.29, 1.82) is 5.26 Å². The van der Waals surface area contributed by atoms with Gasteiger partial charge in [0.25, 0.3) is 0 Å². The summed E-state index contributed by atoms with van der Waals surface area (Å²) in [7, 11) is 1.76. The van der Waals surface area contributed by atoms with Gasteiger partial charge in [-0.1, -0.05) is 19.9 Å². The van der Waals surface area contributed by atoms with Gasteiger partial charge in [-0.2, -0.15) is 5.26 Å². The van der Waals surface area contributed by atoms with Gasteiger partial charge in [0, 0.05) is 25.7 Å². The van der Waals surface area contributed by atoms with E-state index in [4.69, 9.17) is 5.26 Å². The van der Waals surface area contributed by atoms with Crippen molar-refractivity contribution in [2.24, 2.45) is 5.92 Å². The van der Waals surface area contributed by atoms with Crippen LogP contribution in [-0.2, 0) is 11.3 Å². The zero-order valence-electron chi connectivity index (χ0n) is 9.77. The Bertz CT molecular complexity index is 403. The number of aromatic nitrogens is 1. The maximum atomic E-state index is 11.6. The van der Waals surface area contributed by atoms with Crippen LogP contribution in [0.4, 0.5) is 0 Å². The number of hydrogen-bond donors (Lipinski definition) is 0. The van der Waals surface area contributed by atoms with Crippen LogP contribution in [0.2, 0.25) is 0 Å². The molecule has 0 spiro atoms. The van der Waals surface area contributed by atoms with Gasteiger partial charge in [0.2, 0.25) is 5.91 Å². The molecule has 1 heterocycles. The lowest BCUT2D eigenvalue weighted by Crippen LogP contribution is -2.29. The average Bonchev–Trinajstić information content (AvgIpc) is 2.28. The number of amides is 1. The molecule has 0 bridgehead atoms. The first-order valence-corrected chi connectivity index (χ1v) is 5.14. The summed E-state index contributed by atoms with van der Waals surface area (Å²) in [5.41, 5.74) is 1.32. The van der Waals surface area contributed by atoms with E-state index in [2.05, 4.69) is 4.98 Å². The molecule has 0 N–H and O–H groups in total. The summed E-state index contributed by atoms with van der Waals surface area (Å²) in [6.07, 6.45) is 1.63. The Labute approximate surface area is 95.5 Å². The van der Waals surface area contributed by atoms with Gasteiger partial charge in [-0.3, -0.25) is 4.79 Å². The van der Waals surface area contributed by atoms with Crippen LogP contribution in [0.5, 0.6) is 0 Å². The van der Waals surface area contributed by atoms with Crippen molar-refractivity contribution in [2.45, 2.75) is 20.4 Å². The van der Waals surface area contributed by atoms with Crippen LogP contribution in [-0.4, -0.2) is 22.8 Å². The molecule has 0 aromatic carbocycles. The molecule has 0 aliphatic carbocycles. The molecule has 16 heavy (non-hydrogen) atoms. The number of nitriles is 1. The molecule has 0 fully saturated rings. The fourth-order valence-corrected chi connectivity index (χ4v) is 1.38. The first-order valence-electron chi connectivity index (χ1n) is 5.14. The molecule has 0 saturated heterocycles. The molecule has 4 heteroatoms. The Balaban J connectivity index is 2.67. The van der Waals surface area contributed by atoms with Crippen LogP contribution in [0, 0.1) is 17.2 Å². The van der Waals surface area contributed by atoms with E-state index in [1.165, 1.54) is 0 Å². The van der Waals surface area contributed by atoms with Crippen molar-refractivity contribution < 1.29 is 4.79 Å². The maximum absolute atomic E-state index is 11.6. The first kappa shape index (κ1) is 12.2. The summed E-state index contributed by atoms with van der Waals surface area (Å²) >= 11 is 0. The summed E-state index contributed by atoms with van der Waals surface area (Å²) in [6, 6.07) is 5.43. The molecule has 1 aromatic rings. The molecule has 0 aliphatic heterocycles. The highest BCUT2D eigenvalue weighted by molar-refractivity contribution is 5.77. The number of rotatable bonds is 3. The van der Waals surface area contributed by atoms with E-state index in [1.807, 2.05) is 26.0 Å². The fraction of sp³-hybridized carbons (Fsp3) is 0.417. The van der Waals surface area contributed by atoms with Gasteiger partial charge in [-0.15, -0.1) is 0 Å². The molecule has 1 aromatic heterocycles. The minimum absolute atomic E-state index is 0.00339. The highest BCUT2D eigenvalue weighted by atomic mass is 16.2. The molecule has 0 aliphatic rings. The predicted molar refractivity (Wildman–Crippen MR) is 60.3 cm³/mol. The largest absolute Gasteiger partial charge is 0.341 e. The smallest absolute Gasteiger partial charge is 0.225 e. The monoisotopic (exact) mass is 217 g/mol. The number of hydrogen-bond acceptors (Lipinski definition) is 3. The van der Waals surface area contributed by atoms with Crippen LogP contribution in [0.3, 0.4) is 0 Å². The van der Waals surface area contributed by atoms with Crippen LogP contribution in [0.15, 0.2) is 18.3 Å². The van der Waals surface area contributed by atoms with Crippen LogP contribution >= 0.6 is 0 Å². The molecule has 0 saturated carbocycles. The number of nitrogens with zero attached hydrogens (tertiary/aromatic N) is 3. The lowest BCUT2D eigenvalue weighted by Gasteiger charge is -2.19. The van der Waals surface area contributed by atoms with E-state index >= 15 is 0 Å². The van der Waals surface area contributed by atoms with Gasteiger partial charge in [0.1, 0.15) is 11.8 Å². The normalized spacial score (nSPS) is 9.94. The zero-order chi connectivity index (χ0) is 12.1. The number of pyridine rings is 1. The van der Waals surface area contributed by atoms with Gasteiger partial charge in [0.05, 0.1) is 0 Å². The minimum atomic E-state index is -0.00339. The molecule has 1 rings (SSSR count). The van der Waals surface area contributed by atoms with E-state index in [-0.39, 0.29) is 11.8 Å². The molecule has 0 unspecified atom stereocenters. The Kier molecular flexibility index (Phi) is 4.01. The summed E-state index contributed by atoms with van der Waals surface area (Å²) < 4.78 is 0. The SMILES string of the molecule is CC(C)C(=O)N(C)Cc1ccc(C#N)nc1. The van der Waals surface area contributed by atoms with E-state index in [0.29, 0.717) is 12.2 Å². The molecule has 0 atom stereocenters. The van der Waals surface area contributed by atoms with Crippen molar-refractivity contribution in [1.82, 2.24) is 9.88 Å². The van der Waals surface area contributed by atoms with Gasteiger partial charge in [-0.05, 0) is 11.6 Å². The minimum Gasteiger partial charge on any atom is -0.341 e. The fourth-order valence-electron chi connectivity index (χ4n) is 1.38. The van der Waals surface area contributed by atoms with Crippen LogP contribution in [0.1, 0.15) is 25.1 Å². The molecule has 0 radical (unpaired) electrons. The Hall–Kier alpha value is -1.89. The zero-order valence-corrected chi connectivity index (χ0v) is 9.77. The predicted octanol–water partition coefficient (Wildman–Crippen LogP) is 1.57. The highest BCUT2D eigenvalue weighted by Gasteiger charge is 2.12. The van der Waals surface area contributed by atoms with E-state index in [1.54, 1.807) is 24.2 Å². The van der Waals surface area contributed by atoms with Crippen LogP contribution < -0.4 is 0 Å². The van der Waals surface area contributed by atoms with Crippen molar-refractivity contribution in [3.8, 4) is 6.07 Å². The van der Waals surface area contributed by atoms with E-state index < -0.39 is 0 Å². The topological polar surface area (TPSA) is 57.0 Å². The highest BCUT2D eigenvalue weighted by Crippen LogP contribution is 2.06. The molecule has 4 nitrogen and oxygen atoms in total. The van der Waals surface area contributed by atoms with Gasteiger partial charge < -0.3 is 4.90 Å². The molecule has 1 amide bonds.